The second-order valence-electron chi connectivity index (χ2n) is 7.67. The van der Waals surface area contributed by atoms with E-state index in [-0.39, 0.29) is 11.5 Å². The van der Waals surface area contributed by atoms with Crippen LogP contribution in [0.4, 0.5) is 0 Å². The maximum atomic E-state index is 12.7. The highest BCUT2D eigenvalue weighted by atomic mass is 32.2. The van der Waals surface area contributed by atoms with E-state index in [1.807, 2.05) is 13.2 Å². The Labute approximate surface area is 183 Å². The van der Waals surface area contributed by atoms with E-state index in [2.05, 4.69) is 25.1 Å². The lowest BCUT2D eigenvalue weighted by molar-refractivity contribution is 0.0956. The Hall–Kier alpha value is -2.20. The number of thiophene rings is 1. The molecule has 3 heterocycles. The maximum Gasteiger partial charge on any atom is 0.262 e. The van der Waals surface area contributed by atoms with Crippen LogP contribution in [0.2, 0.25) is 0 Å². The van der Waals surface area contributed by atoms with E-state index >= 15 is 0 Å². The van der Waals surface area contributed by atoms with Crippen LogP contribution in [0, 0.1) is 6.92 Å². The summed E-state index contributed by atoms with van der Waals surface area (Å²) >= 11 is 2.91. The summed E-state index contributed by atoms with van der Waals surface area (Å²) in [7, 11) is 1.67. The van der Waals surface area contributed by atoms with Crippen molar-refractivity contribution in [1.82, 2.24) is 29.6 Å². The molecule has 0 saturated heterocycles. The zero-order chi connectivity index (χ0) is 21.3. The Morgan fingerprint density at radius 3 is 2.83 bits per heavy atom. The summed E-state index contributed by atoms with van der Waals surface area (Å²) in [5.41, 5.74) is 0.579. The standard InChI is InChI=1S/C20H26N6O2S2/c1-12-15-18(22-11-25(2)19(15)28)30-16(12)17(27)21-10-6-9-14-23-24-20(29-3)26(14)13-7-4-5-8-13/h11,13H,4-10H2,1-3H3,(H,21,27). The van der Waals surface area contributed by atoms with Gasteiger partial charge in [0.05, 0.1) is 16.6 Å². The molecule has 1 saturated carbocycles. The zero-order valence-electron chi connectivity index (χ0n) is 17.5. The van der Waals surface area contributed by atoms with Crippen molar-refractivity contribution in [3.05, 3.63) is 32.9 Å². The molecule has 1 aliphatic carbocycles. The van der Waals surface area contributed by atoms with Crippen LogP contribution in [0.15, 0.2) is 16.3 Å². The molecule has 10 heteroatoms. The number of rotatable bonds is 7. The minimum atomic E-state index is -0.153. The van der Waals surface area contributed by atoms with E-state index in [0.29, 0.717) is 33.2 Å². The zero-order valence-corrected chi connectivity index (χ0v) is 19.1. The van der Waals surface area contributed by atoms with Crippen molar-refractivity contribution in [2.75, 3.05) is 12.8 Å². The van der Waals surface area contributed by atoms with Gasteiger partial charge in [0, 0.05) is 26.1 Å². The normalized spacial score (nSPS) is 14.6. The Balaban J connectivity index is 1.40. The molecule has 0 aromatic carbocycles. The van der Waals surface area contributed by atoms with Crippen LogP contribution in [0.5, 0.6) is 0 Å². The van der Waals surface area contributed by atoms with Gasteiger partial charge >= 0.3 is 0 Å². The third kappa shape index (κ3) is 3.90. The van der Waals surface area contributed by atoms with Crippen molar-refractivity contribution in [3.8, 4) is 0 Å². The van der Waals surface area contributed by atoms with Gasteiger partial charge in [-0.1, -0.05) is 24.6 Å². The van der Waals surface area contributed by atoms with Crippen LogP contribution >= 0.6 is 23.1 Å². The molecule has 1 N–H and O–H groups in total. The molecule has 0 atom stereocenters. The highest BCUT2D eigenvalue weighted by Gasteiger charge is 2.23. The first-order valence-corrected chi connectivity index (χ1v) is 12.3. The fourth-order valence-electron chi connectivity index (χ4n) is 4.10. The Kier molecular flexibility index (Phi) is 6.24. The van der Waals surface area contributed by atoms with Gasteiger partial charge in [-0.15, -0.1) is 21.5 Å². The van der Waals surface area contributed by atoms with Crippen molar-refractivity contribution in [2.45, 2.75) is 56.6 Å². The number of hydrogen-bond acceptors (Lipinski definition) is 7. The largest absolute Gasteiger partial charge is 0.351 e. The van der Waals surface area contributed by atoms with Crippen LogP contribution in [0.1, 0.15) is 59.2 Å². The second kappa shape index (κ2) is 8.89. The van der Waals surface area contributed by atoms with E-state index in [0.717, 1.165) is 23.8 Å². The molecular weight excluding hydrogens is 420 g/mol. The molecule has 4 rings (SSSR count). The van der Waals surface area contributed by atoms with Crippen molar-refractivity contribution < 1.29 is 4.79 Å². The van der Waals surface area contributed by atoms with Gasteiger partial charge in [-0.3, -0.25) is 9.59 Å². The van der Waals surface area contributed by atoms with Gasteiger partial charge in [-0.2, -0.15) is 0 Å². The summed E-state index contributed by atoms with van der Waals surface area (Å²) < 4.78 is 3.74. The highest BCUT2D eigenvalue weighted by molar-refractivity contribution is 7.98. The van der Waals surface area contributed by atoms with Gasteiger partial charge in [-0.05, 0) is 38.0 Å². The monoisotopic (exact) mass is 446 g/mol. The SMILES string of the molecule is CSc1nnc(CCCNC(=O)c2sc3ncn(C)c(=O)c3c2C)n1C1CCCC1. The molecule has 1 aliphatic rings. The Morgan fingerprint density at radius 2 is 2.10 bits per heavy atom. The first-order chi connectivity index (χ1) is 14.5. The van der Waals surface area contributed by atoms with Crippen LogP contribution in [-0.4, -0.2) is 43.0 Å². The van der Waals surface area contributed by atoms with Gasteiger partial charge < -0.3 is 14.5 Å². The molecule has 1 fully saturated rings. The number of nitrogens with one attached hydrogen (secondary N) is 1. The number of thioether (sulfide) groups is 1. The Bertz CT molecular complexity index is 1130. The second-order valence-corrected chi connectivity index (χ2v) is 9.44. The summed E-state index contributed by atoms with van der Waals surface area (Å²) in [6.45, 7) is 2.36. The number of hydrogen-bond donors (Lipinski definition) is 1. The number of aryl methyl sites for hydroxylation is 3. The molecule has 30 heavy (non-hydrogen) atoms. The lowest BCUT2D eigenvalue weighted by Gasteiger charge is -2.16. The summed E-state index contributed by atoms with van der Waals surface area (Å²) in [4.78, 5) is 30.5. The number of aromatic nitrogens is 5. The summed E-state index contributed by atoms with van der Waals surface area (Å²) in [6.07, 6.45) is 9.99. The number of fused-ring (bicyclic) bond motifs is 1. The molecule has 0 unspecified atom stereocenters. The average Bonchev–Trinajstić information content (AvgIpc) is 3.46. The summed E-state index contributed by atoms with van der Waals surface area (Å²) in [5.74, 6) is 0.853. The van der Waals surface area contributed by atoms with Crippen LogP contribution in [0.3, 0.4) is 0 Å². The van der Waals surface area contributed by atoms with Crippen LogP contribution < -0.4 is 10.9 Å². The van der Waals surface area contributed by atoms with E-state index in [4.69, 9.17) is 0 Å². The third-order valence-electron chi connectivity index (χ3n) is 5.69. The fourth-order valence-corrected chi connectivity index (χ4v) is 5.73. The lowest BCUT2D eigenvalue weighted by Crippen LogP contribution is -2.25. The van der Waals surface area contributed by atoms with Crippen LogP contribution in [0.25, 0.3) is 10.2 Å². The van der Waals surface area contributed by atoms with E-state index in [1.54, 1.807) is 18.8 Å². The quantitative estimate of drug-likeness (QED) is 0.443. The minimum absolute atomic E-state index is 0.122. The Morgan fingerprint density at radius 1 is 1.33 bits per heavy atom. The topological polar surface area (TPSA) is 94.7 Å². The first-order valence-electron chi connectivity index (χ1n) is 10.2. The third-order valence-corrected chi connectivity index (χ3v) is 7.53. The van der Waals surface area contributed by atoms with E-state index in [9.17, 15) is 9.59 Å². The van der Waals surface area contributed by atoms with Gasteiger partial charge in [0.15, 0.2) is 5.16 Å². The van der Waals surface area contributed by atoms with Crippen molar-refractivity contribution >= 4 is 39.2 Å². The fraction of sp³-hybridized carbons (Fsp3) is 0.550. The molecule has 8 nitrogen and oxygen atoms in total. The minimum Gasteiger partial charge on any atom is -0.351 e. The molecule has 1 amide bonds. The van der Waals surface area contributed by atoms with E-state index < -0.39 is 0 Å². The average molecular weight is 447 g/mol. The molecular formula is C20H26N6O2S2. The molecule has 0 radical (unpaired) electrons. The number of nitrogens with zero attached hydrogens (tertiary/aromatic N) is 5. The summed E-state index contributed by atoms with van der Waals surface area (Å²) in [6, 6.07) is 0.503. The maximum absolute atomic E-state index is 12.7. The van der Waals surface area contributed by atoms with Gasteiger partial charge in [0.1, 0.15) is 10.7 Å². The summed E-state index contributed by atoms with van der Waals surface area (Å²) in [5, 5.41) is 13.2. The van der Waals surface area contributed by atoms with E-state index in [1.165, 1.54) is 47.9 Å². The van der Waals surface area contributed by atoms with Crippen molar-refractivity contribution in [2.24, 2.45) is 7.05 Å². The number of amides is 1. The van der Waals surface area contributed by atoms with Gasteiger partial charge in [0.25, 0.3) is 11.5 Å². The molecule has 0 spiro atoms. The smallest absolute Gasteiger partial charge is 0.262 e. The number of carbonyl (C=O) groups excluding carboxylic acids is 1. The van der Waals surface area contributed by atoms with Crippen molar-refractivity contribution in [1.29, 1.82) is 0 Å². The molecule has 0 bridgehead atoms. The van der Waals surface area contributed by atoms with Gasteiger partial charge in [0.2, 0.25) is 0 Å². The van der Waals surface area contributed by atoms with Crippen molar-refractivity contribution in [3.63, 3.8) is 0 Å². The molecule has 3 aromatic heterocycles. The lowest BCUT2D eigenvalue weighted by atomic mass is 10.2. The van der Waals surface area contributed by atoms with Gasteiger partial charge in [-0.25, -0.2) is 4.98 Å². The molecule has 0 aliphatic heterocycles. The molecule has 3 aromatic rings. The predicted octanol–water partition coefficient (Wildman–Crippen LogP) is 3.09. The first kappa shape index (κ1) is 21.0. The number of carbonyl (C=O) groups is 1. The molecule has 160 valence electrons. The van der Waals surface area contributed by atoms with Crippen LogP contribution in [-0.2, 0) is 13.5 Å². The predicted molar refractivity (Wildman–Crippen MR) is 120 cm³/mol. The highest BCUT2D eigenvalue weighted by Crippen LogP contribution is 2.33.